The largest absolute Gasteiger partial charge is 0.355 e. The van der Waals surface area contributed by atoms with Crippen LogP contribution in [0.4, 0.5) is 17.5 Å². The minimum Gasteiger partial charge on any atom is -0.355 e. The van der Waals surface area contributed by atoms with Crippen molar-refractivity contribution in [3.63, 3.8) is 0 Å². The van der Waals surface area contributed by atoms with Crippen LogP contribution in [0.25, 0.3) is 0 Å². The van der Waals surface area contributed by atoms with Crippen LogP contribution in [0.1, 0.15) is 12.8 Å². The lowest BCUT2D eigenvalue weighted by Gasteiger charge is -2.16. The Morgan fingerprint density at radius 2 is 1.95 bits per heavy atom. The van der Waals surface area contributed by atoms with Gasteiger partial charge in [-0.1, -0.05) is 23.2 Å². The van der Waals surface area contributed by atoms with Gasteiger partial charge < -0.3 is 10.2 Å². The van der Waals surface area contributed by atoms with Crippen molar-refractivity contribution in [3.8, 4) is 0 Å². The van der Waals surface area contributed by atoms with Crippen LogP contribution >= 0.6 is 23.2 Å². The third-order valence-electron chi connectivity index (χ3n) is 3.15. The van der Waals surface area contributed by atoms with E-state index < -0.39 is 0 Å². The first-order valence-corrected chi connectivity index (χ1v) is 7.15. The van der Waals surface area contributed by atoms with E-state index in [0.717, 1.165) is 18.9 Å². The highest BCUT2D eigenvalue weighted by atomic mass is 35.5. The van der Waals surface area contributed by atoms with E-state index in [1.165, 1.54) is 12.8 Å². The zero-order valence-electron chi connectivity index (χ0n) is 10.7. The molecule has 0 bridgehead atoms. The minimum absolute atomic E-state index is 0.415. The zero-order valence-corrected chi connectivity index (χ0v) is 12.2. The van der Waals surface area contributed by atoms with Gasteiger partial charge in [0.25, 0.3) is 0 Å². The molecule has 0 unspecified atom stereocenters. The summed E-state index contributed by atoms with van der Waals surface area (Å²) < 4.78 is 0. The highest BCUT2D eigenvalue weighted by molar-refractivity contribution is 6.35. The maximum Gasteiger partial charge on any atom is 0.249 e. The molecule has 1 N–H and O–H groups in total. The van der Waals surface area contributed by atoms with Gasteiger partial charge >= 0.3 is 0 Å². The van der Waals surface area contributed by atoms with Crippen molar-refractivity contribution >= 4 is 40.7 Å². The molecule has 0 amide bonds. The Kier molecular flexibility index (Phi) is 3.89. The van der Waals surface area contributed by atoms with Gasteiger partial charge in [-0.05, 0) is 31.0 Å². The number of aromatic nitrogens is 3. The second-order valence-electron chi connectivity index (χ2n) is 4.58. The minimum atomic E-state index is 0.415. The third-order valence-corrected chi connectivity index (χ3v) is 3.72. The lowest BCUT2D eigenvalue weighted by Crippen LogP contribution is -2.19. The summed E-state index contributed by atoms with van der Waals surface area (Å²) in [6.07, 6.45) is 4.05. The topological polar surface area (TPSA) is 53.9 Å². The lowest BCUT2D eigenvalue weighted by molar-refractivity contribution is 0.890. The molecule has 3 rings (SSSR count). The number of anilines is 3. The smallest absolute Gasteiger partial charge is 0.249 e. The van der Waals surface area contributed by atoms with Crippen molar-refractivity contribution in [2.24, 2.45) is 0 Å². The Bertz CT molecular complexity index is 613. The van der Waals surface area contributed by atoms with Crippen LogP contribution in [0.5, 0.6) is 0 Å². The van der Waals surface area contributed by atoms with E-state index in [-0.39, 0.29) is 0 Å². The van der Waals surface area contributed by atoms with E-state index in [0.29, 0.717) is 21.7 Å². The summed E-state index contributed by atoms with van der Waals surface area (Å²) in [5.41, 5.74) is 0.666. The average Bonchev–Trinajstić information content (AvgIpc) is 2.97. The number of rotatable bonds is 3. The molecular formula is C13H13Cl2N5. The van der Waals surface area contributed by atoms with Gasteiger partial charge in [0.05, 0.1) is 16.9 Å². The molecule has 1 fully saturated rings. The molecule has 5 nitrogen and oxygen atoms in total. The summed E-state index contributed by atoms with van der Waals surface area (Å²) in [6, 6.07) is 5.19. The van der Waals surface area contributed by atoms with Crippen LogP contribution in [0.15, 0.2) is 24.4 Å². The molecule has 1 aromatic carbocycles. The summed E-state index contributed by atoms with van der Waals surface area (Å²) in [6.45, 7) is 2.02. The van der Waals surface area contributed by atoms with Gasteiger partial charge in [-0.15, -0.1) is 5.10 Å². The molecule has 7 heteroatoms. The fraction of sp³-hybridized carbons (Fsp3) is 0.308. The Morgan fingerprint density at radius 1 is 1.15 bits per heavy atom. The molecule has 2 heterocycles. The number of halogens is 2. The van der Waals surface area contributed by atoms with E-state index in [9.17, 15) is 0 Å². The Morgan fingerprint density at radius 3 is 2.75 bits per heavy atom. The highest BCUT2D eigenvalue weighted by Gasteiger charge is 2.15. The van der Waals surface area contributed by atoms with Gasteiger partial charge in [0.1, 0.15) is 0 Å². The summed E-state index contributed by atoms with van der Waals surface area (Å²) in [5, 5.41) is 12.2. The van der Waals surface area contributed by atoms with E-state index in [2.05, 4.69) is 25.4 Å². The molecule has 1 aromatic heterocycles. The van der Waals surface area contributed by atoms with Gasteiger partial charge in [-0.2, -0.15) is 10.1 Å². The van der Waals surface area contributed by atoms with Crippen molar-refractivity contribution in [1.82, 2.24) is 15.2 Å². The molecule has 0 spiro atoms. The maximum atomic E-state index is 6.11. The molecule has 20 heavy (non-hydrogen) atoms. The van der Waals surface area contributed by atoms with E-state index in [1.807, 2.05) is 0 Å². The van der Waals surface area contributed by atoms with Gasteiger partial charge in [0.2, 0.25) is 5.95 Å². The standard InChI is InChI=1S/C13H13Cl2N5/c14-9-3-4-10(15)11(7-9)17-13-18-12(8-16-19-13)20-5-1-2-6-20/h3-4,7-8H,1-2,5-6H2,(H,17,18,19). The normalized spacial score (nSPS) is 14.6. The first kappa shape index (κ1) is 13.4. The number of benzene rings is 1. The molecule has 0 aliphatic carbocycles. The Balaban J connectivity index is 1.83. The van der Waals surface area contributed by atoms with Crippen molar-refractivity contribution in [3.05, 3.63) is 34.4 Å². The molecule has 0 radical (unpaired) electrons. The van der Waals surface area contributed by atoms with Crippen molar-refractivity contribution in [2.45, 2.75) is 12.8 Å². The van der Waals surface area contributed by atoms with Gasteiger partial charge in [0, 0.05) is 18.1 Å². The van der Waals surface area contributed by atoms with Crippen LogP contribution in [0, 0.1) is 0 Å². The molecule has 104 valence electrons. The molecule has 1 aliphatic rings. The first-order chi connectivity index (χ1) is 9.72. The quantitative estimate of drug-likeness (QED) is 0.940. The van der Waals surface area contributed by atoms with Gasteiger partial charge in [0.15, 0.2) is 5.82 Å². The Labute approximate surface area is 126 Å². The van der Waals surface area contributed by atoms with Crippen LogP contribution < -0.4 is 10.2 Å². The third kappa shape index (κ3) is 2.94. The molecule has 0 saturated carbocycles. The highest BCUT2D eigenvalue weighted by Crippen LogP contribution is 2.27. The van der Waals surface area contributed by atoms with E-state index in [4.69, 9.17) is 23.2 Å². The van der Waals surface area contributed by atoms with Crippen LogP contribution in [0.3, 0.4) is 0 Å². The second-order valence-corrected chi connectivity index (χ2v) is 5.43. The van der Waals surface area contributed by atoms with Gasteiger partial charge in [-0.25, -0.2) is 0 Å². The average molecular weight is 310 g/mol. The summed E-state index contributed by atoms with van der Waals surface area (Å²) in [7, 11) is 0. The molecule has 1 saturated heterocycles. The van der Waals surface area contributed by atoms with Crippen LogP contribution in [0.2, 0.25) is 10.0 Å². The summed E-state index contributed by atoms with van der Waals surface area (Å²) in [4.78, 5) is 6.65. The van der Waals surface area contributed by atoms with Gasteiger partial charge in [-0.3, -0.25) is 0 Å². The molecule has 1 aliphatic heterocycles. The van der Waals surface area contributed by atoms with Crippen LogP contribution in [-0.2, 0) is 0 Å². The predicted molar refractivity (Wildman–Crippen MR) is 81.0 cm³/mol. The Hall–Kier alpha value is -1.59. The predicted octanol–water partition coefficient (Wildman–Crippen LogP) is 3.52. The molecule has 0 atom stereocenters. The first-order valence-electron chi connectivity index (χ1n) is 6.39. The number of nitrogens with one attached hydrogen (secondary N) is 1. The van der Waals surface area contributed by atoms with Crippen molar-refractivity contribution in [1.29, 1.82) is 0 Å². The number of nitrogens with zero attached hydrogens (tertiary/aromatic N) is 4. The maximum absolute atomic E-state index is 6.11. The fourth-order valence-corrected chi connectivity index (χ4v) is 2.50. The summed E-state index contributed by atoms with van der Waals surface area (Å²) in [5.74, 6) is 1.25. The zero-order chi connectivity index (χ0) is 13.9. The lowest BCUT2D eigenvalue weighted by atomic mass is 10.3. The number of hydrogen-bond donors (Lipinski definition) is 1. The molecule has 2 aromatic rings. The second kappa shape index (κ2) is 5.81. The SMILES string of the molecule is Clc1ccc(Cl)c(Nc2nncc(N3CCCC3)n2)c1. The summed E-state index contributed by atoms with van der Waals surface area (Å²) >= 11 is 12.1. The molecular weight excluding hydrogens is 297 g/mol. The van der Waals surface area contributed by atoms with Crippen molar-refractivity contribution in [2.75, 3.05) is 23.3 Å². The van der Waals surface area contributed by atoms with Crippen molar-refractivity contribution < 1.29 is 0 Å². The van der Waals surface area contributed by atoms with E-state index in [1.54, 1.807) is 24.4 Å². The van der Waals surface area contributed by atoms with E-state index >= 15 is 0 Å². The number of hydrogen-bond acceptors (Lipinski definition) is 5. The fourth-order valence-electron chi connectivity index (χ4n) is 2.16. The monoisotopic (exact) mass is 309 g/mol. The van der Waals surface area contributed by atoms with Crippen LogP contribution in [-0.4, -0.2) is 28.3 Å².